The number of rotatable bonds is 2. The van der Waals surface area contributed by atoms with Crippen LogP contribution < -0.4 is 0 Å². The molecule has 0 saturated heterocycles. The number of benzene rings is 4. The van der Waals surface area contributed by atoms with Gasteiger partial charge in [-0.1, -0.05) is 91.5 Å². The van der Waals surface area contributed by atoms with Crippen LogP contribution in [0.5, 0.6) is 0 Å². The van der Waals surface area contributed by atoms with Gasteiger partial charge in [-0.05, 0) is 38.2 Å². The highest BCUT2D eigenvalue weighted by Crippen LogP contribution is 2.33. The Labute approximate surface area is 130 Å². The second-order valence-corrected chi connectivity index (χ2v) is 5.51. The number of hydrogen-bond donors (Lipinski definition) is 0. The highest BCUT2D eigenvalue weighted by atomic mass is 14.1. The predicted octanol–water partition coefficient (Wildman–Crippen LogP) is 6.30. The lowest BCUT2D eigenvalue weighted by Crippen LogP contribution is -1.83. The molecule has 0 aliphatic carbocycles. The molecular formula is C22H16. The minimum atomic E-state index is 1.15. The molecule has 0 aliphatic heterocycles. The molecule has 22 heavy (non-hydrogen) atoms. The molecule has 0 aromatic heterocycles. The van der Waals surface area contributed by atoms with Crippen LogP contribution in [0.2, 0.25) is 0 Å². The summed E-state index contributed by atoms with van der Waals surface area (Å²) < 4.78 is 0. The van der Waals surface area contributed by atoms with Crippen molar-refractivity contribution in [2.45, 2.75) is 0 Å². The van der Waals surface area contributed by atoms with Crippen LogP contribution in [0.25, 0.3) is 38.7 Å². The molecule has 0 atom stereocenters. The molecule has 0 amide bonds. The van der Waals surface area contributed by atoms with Gasteiger partial charge in [-0.2, -0.15) is 0 Å². The van der Waals surface area contributed by atoms with Gasteiger partial charge < -0.3 is 0 Å². The van der Waals surface area contributed by atoms with Crippen molar-refractivity contribution in [2.75, 3.05) is 0 Å². The Hall–Kier alpha value is -2.86. The Morgan fingerprint density at radius 1 is 0.591 bits per heavy atom. The Morgan fingerprint density at radius 3 is 2.18 bits per heavy atom. The van der Waals surface area contributed by atoms with Crippen LogP contribution in [0.1, 0.15) is 5.56 Å². The van der Waals surface area contributed by atoms with Crippen LogP contribution in [-0.2, 0) is 0 Å². The topological polar surface area (TPSA) is 0 Å². The number of fused-ring (bicyclic) bond motifs is 3. The van der Waals surface area contributed by atoms with E-state index in [2.05, 4.69) is 85.4 Å². The molecule has 0 saturated carbocycles. The minimum Gasteiger partial charge on any atom is -0.0985 e. The fourth-order valence-corrected chi connectivity index (χ4v) is 3.09. The zero-order chi connectivity index (χ0) is 14.9. The SMILES string of the molecule is C=Cc1ccc(-c2cccc3c2ccc2ccccc23)cc1. The first kappa shape index (κ1) is 12.8. The third-order valence-electron chi connectivity index (χ3n) is 4.24. The molecule has 4 aromatic rings. The van der Waals surface area contributed by atoms with E-state index in [0.717, 1.165) is 5.56 Å². The van der Waals surface area contributed by atoms with Crippen molar-refractivity contribution >= 4 is 27.6 Å². The molecule has 0 unspecified atom stereocenters. The second-order valence-electron chi connectivity index (χ2n) is 5.51. The average molecular weight is 280 g/mol. The zero-order valence-corrected chi connectivity index (χ0v) is 12.3. The molecule has 104 valence electrons. The molecule has 0 aliphatic rings. The molecule has 0 N–H and O–H groups in total. The maximum absolute atomic E-state index is 3.82. The lowest BCUT2D eigenvalue weighted by Gasteiger charge is -2.10. The zero-order valence-electron chi connectivity index (χ0n) is 12.3. The van der Waals surface area contributed by atoms with Gasteiger partial charge in [0.1, 0.15) is 0 Å². The van der Waals surface area contributed by atoms with Crippen LogP contribution >= 0.6 is 0 Å². The summed E-state index contributed by atoms with van der Waals surface area (Å²) in [6.45, 7) is 3.82. The molecule has 0 heterocycles. The van der Waals surface area contributed by atoms with E-state index in [4.69, 9.17) is 0 Å². The van der Waals surface area contributed by atoms with Crippen LogP contribution in [0.4, 0.5) is 0 Å². The van der Waals surface area contributed by atoms with Gasteiger partial charge in [0, 0.05) is 0 Å². The second kappa shape index (κ2) is 5.16. The lowest BCUT2D eigenvalue weighted by atomic mass is 9.94. The fraction of sp³-hybridized carbons (Fsp3) is 0. The monoisotopic (exact) mass is 280 g/mol. The van der Waals surface area contributed by atoms with E-state index in [1.54, 1.807) is 0 Å². The highest BCUT2D eigenvalue weighted by Gasteiger charge is 2.06. The first-order valence-electron chi connectivity index (χ1n) is 7.50. The van der Waals surface area contributed by atoms with Crippen molar-refractivity contribution in [3.63, 3.8) is 0 Å². The fourth-order valence-electron chi connectivity index (χ4n) is 3.09. The van der Waals surface area contributed by atoms with Crippen LogP contribution in [-0.4, -0.2) is 0 Å². The lowest BCUT2D eigenvalue weighted by molar-refractivity contribution is 1.63. The van der Waals surface area contributed by atoms with E-state index < -0.39 is 0 Å². The summed E-state index contributed by atoms with van der Waals surface area (Å²) in [5, 5.41) is 5.20. The van der Waals surface area contributed by atoms with Crippen molar-refractivity contribution in [3.05, 3.63) is 91.0 Å². The van der Waals surface area contributed by atoms with Crippen molar-refractivity contribution in [3.8, 4) is 11.1 Å². The van der Waals surface area contributed by atoms with E-state index in [1.165, 1.54) is 32.7 Å². The van der Waals surface area contributed by atoms with Crippen molar-refractivity contribution in [2.24, 2.45) is 0 Å². The van der Waals surface area contributed by atoms with E-state index in [0.29, 0.717) is 0 Å². The Morgan fingerprint density at radius 2 is 1.36 bits per heavy atom. The van der Waals surface area contributed by atoms with Crippen LogP contribution in [0.15, 0.2) is 85.4 Å². The number of hydrogen-bond acceptors (Lipinski definition) is 0. The predicted molar refractivity (Wildman–Crippen MR) is 97.0 cm³/mol. The molecule has 0 fully saturated rings. The van der Waals surface area contributed by atoms with Crippen molar-refractivity contribution in [1.82, 2.24) is 0 Å². The third kappa shape index (κ3) is 2.01. The van der Waals surface area contributed by atoms with Gasteiger partial charge in [-0.3, -0.25) is 0 Å². The molecule has 0 nitrogen and oxygen atoms in total. The van der Waals surface area contributed by atoms with Gasteiger partial charge in [0.2, 0.25) is 0 Å². The summed E-state index contributed by atoms with van der Waals surface area (Å²) in [6.07, 6.45) is 1.88. The summed E-state index contributed by atoms with van der Waals surface area (Å²) in [7, 11) is 0. The molecule has 0 heteroatoms. The largest absolute Gasteiger partial charge is 0.0985 e. The Balaban J connectivity index is 2.01. The van der Waals surface area contributed by atoms with E-state index in [9.17, 15) is 0 Å². The Bertz CT molecular complexity index is 976. The minimum absolute atomic E-state index is 1.15. The summed E-state index contributed by atoms with van der Waals surface area (Å²) in [5.41, 5.74) is 3.67. The van der Waals surface area contributed by atoms with Gasteiger partial charge in [0.25, 0.3) is 0 Å². The van der Waals surface area contributed by atoms with Gasteiger partial charge in [0.05, 0.1) is 0 Å². The molecule has 0 radical (unpaired) electrons. The highest BCUT2D eigenvalue weighted by molar-refractivity contribution is 6.11. The van der Waals surface area contributed by atoms with Crippen LogP contribution in [0, 0.1) is 0 Å². The molecule has 0 bridgehead atoms. The average Bonchev–Trinajstić information content (AvgIpc) is 2.61. The normalized spacial score (nSPS) is 10.9. The summed E-state index contributed by atoms with van der Waals surface area (Å²) >= 11 is 0. The Kier molecular flexibility index (Phi) is 3.01. The van der Waals surface area contributed by atoms with E-state index in [1.807, 2.05) is 6.08 Å². The maximum atomic E-state index is 3.82. The molecule has 4 rings (SSSR count). The first-order valence-corrected chi connectivity index (χ1v) is 7.50. The smallest absolute Gasteiger partial charge is 0.00990 e. The first-order chi connectivity index (χ1) is 10.9. The third-order valence-corrected chi connectivity index (χ3v) is 4.24. The van der Waals surface area contributed by atoms with Gasteiger partial charge in [-0.15, -0.1) is 0 Å². The molecule has 4 aromatic carbocycles. The summed E-state index contributed by atoms with van der Waals surface area (Å²) in [5.74, 6) is 0. The molecule has 0 spiro atoms. The van der Waals surface area contributed by atoms with Gasteiger partial charge >= 0.3 is 0 Å². The van der Waals surface area contributed by atoms with Crippen molar-refractivity contribution < 1.29 is 0 Å². The van der Waals surface area contributed by atoms with Gasteiger partial charge in [-0.25, -0.2) is 0 Å². The summed E-state index contributed by atoms with van der Waals surface area (Å²) in [6, 6.07) is 28.1. The molecular weight excluding hydrogens is 264 g/mol. The van der Waals surface area contributed by atoms with Crippen LogP contribution in [0.3, 0.4) is 0 Å². The van der Waals surface area contributed by atoms with E-state index in [-0.39, 0.29) is 0 Å². The van der Waals surface area contributed by atoms with Gasteiger partial charge in [0.15, 0.2) is 0 Å². The maximum Gasteiger partial charge on any atom is -0.00990 e. The van der Waals surface area contributed by atoms with E-state index >= 15 is 0 Å². The quantitative estimate of drug-likeness (QED) is 0.378. The summed E-state index contributed by atoms with van der Waals surface area (Å²) in [4.78, 5) is 0. The standard InChI is InChI=1S/C22H16/c1-2-16-10-12-18(13-11-16)20-8-5-9-21-19-7-4-3-6-17(19)14-15-22(20)21/h2-15H,1H2. The van der Waals surface area contributed by atoms with Crippen molar-refractivity contribution in [1.29, 1.82) is 0 Å².